The second kappa shape index (κ2) is 8.48. The zero-order valence-corrected chi connectivity index (χ0v) is 14.2. The third-order valence-electron chi connectivity index (χ3n) is 4.54. The van der Waals surface area contributed by atoms with Gasteiger partial charge >= 0.3 is 0 Å². The molecule has 2 aliphatic heterocycles. The number of benzene rings is 1. The molecule has 0 saturated carbocycles. The molecule has 22 heavy (non-hydrogen) atoms. The van der Waals surface area contributed by atoms with Gasteiger partial charge in [-0.15, -0.1) is 12.4 Å². The van der Waals surface area contributed by atoms with E-state index in [0.29, 0.717) is 12.6 Å². The van der Waals surface area contributed by atoms with Crippen LogP contribution >= 0.6 is 24.0 Å². The van der Waals surface area contributed by atoms with Crippen LogP contribution in [-0.2, 0) is 6.54 Å². The Hall–Kier alpha value is -0.360. The first kappa shape index (κ1) is 18.0. The zero-order valence-electron chi connectivity index (χ0n) is 12.7. The van der Waals surface area contributed by atoms with Gasteiger partial charge in [-0.05, 0) is 43.6 Å². The van der Waals surface area contributed by atoms with Gasteiger partial charge in [0.05, 0.1) is 6.10 Å². The van der Waals surface area contributed by atoms with Crippen LogP contribution < -0.4 is 10.6 Å². The third kappa shape index (κ3) is 4.82. The van der Waals surface area contributed by atoms with E-state index >= 15 is 0 Å². The highest BCUT2D eigenvalue weighted by molar-refractivity contribution is 6.30. The number of rotatable bonds is 4. The first-order valence-electron chi connectivity index (χ1n) is 7.82. The van der Waals surface area contributed by atoms with Crippen LogP contribution in [0.4, 0.5) is 0 Å². The van der Waals surface area contributed by atoms with Crippen LogP contribution in [0.3, 0.4) is 0 Å². The van der Waals surface area contributed by atoms with Crippen molar-refractivity contribution in [3.05, 3.63) is 34.9 Å². The molecule has 2 heterocycles. The van der Waals surface area contributed by atoms with E-state index in [9.17, 15) is 5.11 Å². The number of β-amino-alcohol motifs (C(OH)–C–C–N with tert-alkyl or cyclic N) is 1. The van der Waals surface area contributed by atoms with E-state index < -0.39 is 0 Å². The van der Waals surface area contributed by atoms with E-state index in [-0.39, 0.29) is 24.6 Å². The summed E-state index contributed by atoms with van der Waals surface area (Å²) in [6.45, 7) is 4.81. The average molecular weight is 346 g/mol. The Morgan fingerprint density at radius 2 is 1.86 bits per heavy atom. The molecule has 2 saturated heterocycles. The highest BCUT2D eigenvalue weighted by Gasteiger charge is 2.28. The highest BCUT2D eigenvalue weighted by Crippen LogP contribution is 2.17. The number of piperidine rings is 1. The molecule has 0 amide bonds. The lowest BCUT2D eigenvalue weighted by molar-refractivity contribution is 0.136. The van der Waals surface area contributed by atoms with Crippen LogP contribution in [0.2, 0.25) is 5.02 Å². The lowest BCUT2D eigenvalue weighted by Gasteiger charge is -2.34. The minimum Gasteiger partial charge on any atom is -0.390 e. The predicted octanol–water partition coefficient (Wildman–Crippen LogP) is 1.65. The van der Waals surface area contributed by atoms with Gasteiger partial charge in [0.25, 0.3) is 0 Å². The Labute approximate surface area is 143 Å². The highest BCUT2D eigenvalue weighted by atomic mass is 35.5. The first-order valence-corrected chi connectivity index (χ1v) is 8.20. The van der Waals surface area contributed by atoms with E-state index in [1.165, 1.54) is 5.56 Å². The molecule has 0 bridgehead atoms. The summed E-state index contributed by atoms with van der Waals surface area (Å²) in [4.78, 5) is 2.49. The van der Waals surface area contributed by atoms with Crippen LogP contribution in [0.1, 0.15) is 18.4 Å². The summed E-state index contributed by atoms with van der Waals surface area (Å²) in [6.07, 6.45) is 2.06. The molecule has 1 aromatic carbocycles. The lowest BCUT2D eigenvalue weighted by Crippen LogP contribution is -2.49. The third-order valence-corrected chi connectivity index (χ3v) is 4.79. The molecular formula is C16H25Cl2N3O. The summed E-state index contributed by atoms with van der Waals surface area (Å²) in [5.41, 5.74) is 1.32. The van der Waals surface area contributed by atoms with Gasteiger partial charge in [-0.2, -0.15) is 0 Å². The average Bonchev–Trinajstić information content (AvgIpc) is 2.89. The van der Waals surface area contributed by atoms with Crippen LogP contribution in [0.15, 0.2) is 24.3 Å². The van der Waals surface area contributed by atoms with Gasteiger partial charge in [0.2, 0.25) is 0 Å². The van der Waals surface area contributed by atoms with Gasteiger partial charge < -0.3 is 15.7 Å². The molecule has 0 spiro atoms. The number of likely N-dealkylation sites (tertiary alicyclic amines) is 1. The quantitative estimate of drug-likeness (QED) is 0.776. The van der Waals surface area contributed by atoms with E-state index in [1.54, 1.807) is 0 Å². The first-order chi connectivity index (χ1) is 10.2. The molecule has 124 valence electrons. The lowest BCUT2D eigenvalue weighted by atomic mass is 10.0. The molecule has 0 aromatic heterocycles. The Bertz CT molecular complexity index is 449. The van der Waals surface area contributed by atoms with Crippen molar-refractivity contribution in [1.82, 2.24) is 15.5 Å². The monoisotopic (exact) mass is 345 g/mol. The fourth-order valence-corrected chi connectivity index (χ4v) is 3.37. The van der Waals surface area contributed by atoms with Gasteiger partial charge in [-0.25, -0.2) is 0 Å². The maximum atomic E-state index is 9.84. The molecule has 4 nitrogen and oxygen atoms in total. The molecule has 3 N–H and O–H groups in total. The van der Waals surface area contributed by atoms with Gasteiger partial charge in [0.15, 0.2) is 0 Å². The molecule has 0 radical (unpaired) electrons. The van der Waals surface area contributed by atoms with Crippen LogP contribution in [-0.4, -0.2) is 54.4 Å². The van der Waals surface area contributed by atoms with Gasteiger partial charge in [0.1, 0.15) is 0 Å². The number of hydrogen-bond donors (Lipinski definition) is 3. The maximum absolute atomic E-state index is 9.84. The SMILES string of the molecule is Cl.O[C@H]1CNC[C@@H]1NC1CCN(Cc2ccc(Cl)cc2)CC1. The largest absolute Gasteiger partial charge is 0.390 e. The Kier molecular flexibility index (Phi) is 6.93. The molecule has 2 aliphatic rings. The number of hydrogen-bond acceptors (Lipinski definition) is 4. The van der Waals surface area contributed by atoms with Gasteiger partial charge in [-0.3, -0.25) is 4.90 Å². The fraction of sp³-hybridized carbons (Fsp3) is 0.625. The molecule has 3 rings (SSSR count). The van der Waals surface area contributed by atoms with Crippen LogP contribution in [0, 0.1) is 0 Å². The summed E-state index contributed by atoms with van der Waals surface area (Å²) in [6, 6.07) is 8.88. The fourth-order valence-electron chi connectivity index (χ4n) is 3.24. The zero-order chi connectivity index (χ0) is 14.7. The van der Waals surface area contributed by atoms with Crippen LogP contribution in [0.25, 0.3) is 0 Å². The number of aliphatic hydroxyl groups excluding tert-OH is 1. The maximum Gasteiger partial charge on any atom is 0.0829 e. The van der Waals surface area contributed by atoms with Gasteiger partial charge in [-0.1, -0.05) is 23.7 Å². The summed E-state index contributed by atoms with van der Waals surface area (Å²) in [7, 11) is 0. The number of aliphatic hydroxyl groups is 1. The Morgan fingerprint density at radius 1 is 1.18 bits per heavy atom. The Balaban J connectivity index is 0.00000176. The number of halogens is 2. The molecule has 0 aliphatic carbocycles. The van der Waals surface area contributed by atoms with Crippen molar-refractivity contribution in [2.24, 2.45) is 0 Å². The molecular weight excluding hydrogens is 321 g/mol. The van der Waals surface area contributed by atoms with Crippen molar-refractivity contribution in [3.8, 4) is 0 Å². The molecule has 2 fully saturated rings. The normalized spacial score (nSPS) is 26.8. The van der Waals surface area contributed by atoms with E-state index in [2.05, 4.69) is 27.7 Å². The van der Waals surface area contributed by atoms with E-state index in [1.807, 2.05) is 12.1 Å². The van der Waals surface area contributed by atoms with Crippen molar-refractivity contribution < 1.29 is 5.11 Å². The van der Waals surface area contributed by atoms with Crippen molar-refractivity contribution in [1.29, 1.82) is 0 Å². The van der Waals surface area contributed by atoms with Gasteiger partial charge in [0, 0.05) is 36.7 Å². The summed E-state index contributed by atoms with van der Waals surface area (Å²) in [5.74, 6) is 0. The van der Waals surface area contributed by atoms with Crippen molar-refractivity contribution in [3.63, 3.8) is 0 Å². The van der Waals surface area contributed by atoms with Crippen molar-refractivity contribution in [2.45, 2.75) is 37.6 Å². The standard InChI is InChI=1S/C16H24ClN3O.ClH/c17-13-3-1-12(2-4-13)11-20-7-5-14(6-8-20)19-15-9-18-10-16(15)21;/h1-4,14-16,18-19,21H,5-11H2;1H/t15-,16-;/m0./s1. The van der Waals surface area contributed by atoms with Crippen LogP contribution in [0.5, 0.6) is 0 Å². The second-order valence-electron chi connectivity index (χ2n) is 6.18. The molecule has 2 atom stereocenters. The second-order valence-corrected chi connectivity index (χ2v) is 6.61. The minimum absolute atomic E-state index is 0. The summed E-state index contributed by atoms with van der Waals surface area (Å²) >= 11 is 5.92. The van der Waals surface area contributed by atoms with Crippen molar-refractivity contribution in [2.75, 3.05) is 26.2 Å². The minimum atomic E-state index is -0.239. The number of nitrogens with zero attached hydrogens (tertiary/aromatic N) is 1. The Morgan fingerprint density at radius 3 is 2.45 bits per heavy atom. The summed E-state index contributed by atoms with van der Waals surface area (Å²) < 4.78 is 0. The van der Waals surface area contributed by atoms with E-state index in [4.69, 9.17) is 11.6 Å². The summed E-state index contributed by atoms with van der Waals surface area (Å²) in [5, 5.41) is 17.5. The topological polar surface area (TPSA) is 47.5 Å². The smallest absolute Gasteiger partial charge is 0.0829 e. The molecule has 6 heteroatoms. The van der Waals surface area contributed by atoms with Crippen molar-refractivity contribution >= 4 is 24.0 Å². The predicted molar refractivity (Wildman–Crippen MR) is 92.8 cm³/mol. The number of nitrogens with one attached hydrogen (secondary N) is 2. The molecule has 0 unspecified atom stereocenters. The van der Waals surface area contributed by atoms with E-state index in [0.717, 1.165) is 44.0 Å². The molecule has 1 aromatic rings.